The second kappa shape index (κ2) is 2.98. The van der Waals surface area contributed by atoms with Gasteiger partial charge in [-0.05, 0) is 43.9 Å². The molecule has 2 heterocycles. The van der Waals surface area contributed by atoms with Crippen LogP contribution in [0.5, 0.6) is 0 Å². The molecule has 2 saturated carbocycles. The Kier molecular flexibility index (Phi) is 1.76. The van der Waals surface area contributed by atoms with Gasteiger partial charge in [-0.3, -0.25) is 10.3 Å². The van der Waals surface area contributed by atoms with Gasteiger partial charge < -0.3 is 0 Å². The molecule has 4 rings (SSSR count). The van der Waals surface area contributed by atoms with Gasteiger partial charge in [0.25, 0.3) is 0 Å². The Hall–Kier alpha value is -1.04. The minimum Gasteiger partial charge on any atom is -0.280 e. The predicted octanol–water partition coefficient (Wildman–Crippen LogP) is 1.66. The highest BCUT2D eigenvalue weighted by Crippen LogP contribution is 2.46. The monoisotopic (exact) mass is 189 g/mol. The number of nitrogens with one attached hydrogen (secondary N) is 1. The Bertz CT molecular complexity index is 301. The highest BCUT2D eigenvalue weighted by molar-refractivity contribution is 5.86. The lowest BCUT2D eigenvalue weighted by Gasteiger charge is -2.37. The molecule has 2 aliphatic heterocycles. The van der Waals surface area contributed by atoms with Crippen molar-refractivity contribution in [2.24, 2.45) is 22.7 Å². The smallest absolute Gasteiger partial charge is 0.182 e. The van der Waals surface area contributed by atoms with Crippen molar-refractivity contribution < 1.29 is 0 Å². The molecule has 0 aromatic heterocycles. The van der Waals surface area contributed by atoms with Crippen molar-refractivity contribution in [3.63, 3.8) is 0 Å². The van der Waals surface area contributed by atoms with E-state index in [4.69, 9.17) is 10.3 Å². The van der Waals surface area contributed by atoms with Gasteiger partial charge >= 0.3 is 0 Å². The first-order chi connectivity index (χ1) is 6.85. The molecular formula is C11H15N3. The van der Waals surface area contributed by atoms with Crippen molar-refractivity contribution in [2.75, 3.05) is 0 Å². The Morgan fingerprint density at radius 2 is 1.86 bits per heavy atom. The minimum atomic E-state index is 0.516. The minimum absolute atomic E-state index is 0.516. The van der Waals surface area contributed by atoms with Crippen LogP contribution >= 0.6 is 0 Å². The van der Waals surface area contributed by atoms with E-state index < -0.39 is 0 Å². The molecule has 0 spiro atoms. The SMILES string of the molecule is N#CNC1=NC2CC3CC(C2)CC1C3. The van der Waals surface area contributed by atoms with Crippen LogP contribution in [0.25, 0.3) is 0 Å². The number of aliphatic imine (C=N–C) groups is 1. The fourth-order valence-corrected chi connectivity index (χ4v) is 3.64. The molecule has 0 aromatic rings. The topological polar surface area (TPSA) is 48.2 Å². The molecule has 74 valence electrons. The van der Waals surface area contributed by atoms with Crippen LogP contribution in [0.3, 0.4) is 0 Å². The van der Waals surface area contributed by atoms with Gasteiger partial charge in [-0.1, -0.05) is 0 Å². The molecule has 2 fully saturated rings. The van der Waals surface area contributed by atoms with Crippen molar-refractivity contribution >= 4 is 5.84 Å². The fraction of sp³-hybridized carbons (Fsp3) is 0.818. The third-order valence-electron chi connectivity index (χ3n) is 4.01. The number of nitriles is 1. The summed E-state index contributed by atoms with van der Waals surface area (Å²) >= 11 is 0. The summed E-state index contributed by atoms with van der Waals surface area (Å²) in [5.74, 6) is 3.33. The third-order valence-corrected chi connectivity index (χ3v) is 4.01. The molecule has 1 N–H and O–H groups in total. The summed E-state index contributed by atoms with van der Waals surface area (Å²) in [4.78, 5) is 4.69. The first-order valence-corrected chi connectivity index (χ1v) is 5.58. The van der Waals surface area contributed by atoms with Crippen molar-refractivity contribution in [3.8, 4) is 6.19 Å². The summed E-state index contributed by atoms with van der Waals surface area (Å²) in [5, 5.41) is 11.5. The van der Waals surface area contributed by atoms with Crippen LogP contribution in [-0.4, -0.2) is 11.9 Å². The maximum absolute atomic E-state index is 8.67. The van der Waals surface area contributed by atoms with Crippen LogP contribution in [0.2, 0.25) is 0 Å². The molecule has 3 nitrogen and oxygen atoms in total. The standard InChI is InChI=1S/C11H15N3/c12-6-13-11-9-2-7-1-8(3-9)5-10(4-7)14-11/h7-10H,1-5H2,(H,13,14). The van der Waals surface area contributed by atoms with E-state index in [0.717, 1.165) is 17.7 Å². The van der Waals surface area contributed by atoms with Crippen molar-refractivity contribution in [3.05, 3.63) is 0 Å². The van der Waals surface area contributed by atoms with Crippen molar-refractivity contribution in [1.29, 1.82) is 5.26 Å². The lowest BCUT2D eigenvalue weighted by atomic mass is 9.68. The highest BCUT2D eigenvalue weighted by atomic mass is 15.0. The Morgan fingerprint density at radius 1 is 1.14 bits per heavy atom. The molecule has 0 aromatic carbocycles. The third kappa shape index (κ3) is 1.21. The summed E-state index contributed by atoms with van der Waals surface area (Å²) in [5.41, 5.74) is 0. The van der Waals surface area contributed by atoms with E-state index >= 15 is 0 Å². The quantitative estimate of drug-likeness (QED) is 0.465. The molecule has 2 unspecified atom stereocenters. The zero-order valence-corrected chi connectivity index (χ0v) is 8.24. The molecule has 2 atom stereocenters. The molecule has 0 saturated heterocycles. The lowest BCUT2D eigenvalue weighted by Crippen LogP contribution is -2.33. The molecule has 4 bridgehead atoms. The first-order valence-electron chi connectivity index (χ1n) is 5.58. The normalized spacial score (nSPS) is 44.1. The number of hydrogen-bond donors (Lipinski definition) is 1. The van der Waals surface area contributed by atoms with Gasteiger partial charge in [-0.2, -0.15) is 5.26 Å². The molecule has 3 heteroatoms. The Morgan fingerprint density at radius 3 is 2.50 bits per heavy atom. The van der Waals surface area contributed by atoms with Crippen molar-refractivity contribution in [1.82, 2.24) is 5.32 Å². The number of amidine groups is 1. The van der Waals surface area contributed by atoms with E-state index in [1.54, 1.807) is 0 Å². The van der Waals surface area contributed by atoms with Crippen LogP contribution in [-0.2, 0) is 0 Å². The van der Waals surface area contributed by atoms with Gasteiger partial charge in [0.15, 0.2) is 6.19 Å². The largest absolute Gasteiger partial charge is 0.280 e. The molecule has 0 radical (unpaired) electrons. The highest BCUT2D eigenvalue weighted by Gasteiger charge is 2.40. The van der Waals surface area contributed by atoms with E-state index in [-0.39, 0.29) is 0 Å². The predicted molar refractivity (Wildman–Crippen MR) is 53.5 cm³/mol. The molecule has 4 aliphatic rings. The van der Waals surface area contributed by atoms with E-state index in [2.05, 4.69) is 5.32 Å². The van der Waals surface area contributed by atoms with Gasteiger partial charge in [0.1, 0.15) is 5.84 Å². The van der Waals surface area contributed by atoms with E-state index in [1.165, 1.54) is 32.1 Å². The molecule has 2 aliphatic carbocycles. The molecular weight excluding hydrogens is 174 g/mol. The van der Waals surface area contributed by atoms with Crippen LogP contribution in [0, 0.1) is 29.2 Å². The maximum atomic E-state index is 8.67. The summed E-state index contributed by atoms with van der Waals surface area (Å²) in [6.45, 7) is 0. The fourth-order valence-electron chi connectivity index (χ4n) is 3.64. The second-order valence-corrected chi connectivity index (χ2v) is 5.01. The average Bonchev–Trinajstić information content (AvgIpc) is 2.32. The van der Waals surface area contributed by atoms with Gasteiger partial charge in [-0.25, -0.2) is 0 Å². The van der Waals surface area contributed by atoms with Crippen LogP contribution in [0.4, 0.5) is 0 Å². The van der Waals surface area contributed by atoms with Crippen LogP contribution < -0.4 is 5.32 Å². The van der Waals surface area contributed by atoms with Gasteiger partial charge in [-0.15, -0.1) is 0 Å². The van der Waals surface area contributed by atoms with E-state index in [1.807, 2.05) is 6.19 Å². The Labute approximate surface area is 84.2 Å². The molecule has 14 heavy (non-hydrogen) atoms. The van der Waals surface area contributed by atoms with Crippen LogP contribution in [0.15, 0.2) is 4.99 Å². The first kappa shape index (κ1) is 8.28. The van der Waals surface area contributed by atoms with E-state index in [9.17, 15) is 0 Å². The summed E-state index contributed by atoms with van der Waals surface area (Å²) in [7, 11) is 0. The maximum Gasteiger partial charge on any atom is 0.182 e. The average molecular weight is 189 g/mol. The van der Waals surface area contributed by atoms with Gasteiger partial charge in [0.2, 0.25) is 0 Å². The van der Waals surface area contributed by atoms with Gasteiger partial charge in [0, 0.05) is 5.92 Å². The van der Waals surface area contributed by atoms with Crippen LogP contribution in [0.1, 0.15) is 32.1 Å². The lowest BCUT2D eigenvalue weighted by molar-refractivity contribution is 0.161. The number of rotatable bonds is 0. The molecule has 0 amide bonds. The van der Waals surface area contributed by atoms with E-state index in [0.29, 0.717) is 12.0 Å². The summed E-state index contributed by atoms with van der Waals surface area (Å²) in [6, 6.07) is 0.516. The summed E-state index contributed by atoms with van der Waals surface area (Å²) < 4.78 is 0. The number of nitrogens with zero attached hydrogens (tertiary/aromatic N) is 2. The van der Waals surface area contributed by atoms with Gasteiger partial charge in [0.05, 0.1) is 6.04 Å². The number of hydrogen-bond acceptors (Lipinski definition) is 3. The Balaban J connectivity index is 1.91. The zero-order valence-electron chi connectivity index (χ0n) is 8.24. The second-order valence-electron chi connectivity index (χ2n) is 5.01. The summed E-state index contributed by atoms with van der Waals surface area (Å²) in [6.07, 6.45) is 8.51. The zero-order chi connectivity index (χ0) is 9.54. The van der Waals surface area contributed by atoms with Crippen molar-refractivity contribution in [2.45, 2.75) is 38.1 Å².